The molecule has 0 aliphatic rings. The van der Waals surface area contributed by atoms with Crippen LogP contribution >= 0.6 is 11.8 Å². The number of nitrogens with zero attached hydrogens (tertiary/aromatic N) is 4. The summed E-state index contributed by atoms with van der Waals surface area (Å²) in [5.41, 5.74) is 0.904. The van der Waals surface area contributed by atoms with E-state index >= 15 is 0 Å². The summed E-state index contributed by atoms with van der Waals surface area (Å²) in [6.07, 6.45) is 1.59. The number of nitro groups is 1. The van der Waals surface area contributed by atoms with Crippen LogP contribution in [0, 0.1) is 17.0 Å². The van der Waals surface area contributed by atoms with E-state index in [-0.39, 0.29) is 5.69 Å². The van der Waals surface area contributed by atoms with Crippen LogP contribution in [0.15, 0.2) is 51.1 Å². The highest BCUT2D eigenvalue weighted by molar-refractivity contribution is 7.99. The van der Waals surface area contributed by atoms with Crippen LogP contribution in [0.25, 0.3) is 11.4 Å². The second kappa shape index (κ2) is 5.64. The van der Waals surface area contributed by atoms with Gasteiger partial charge >= 0.3 is 0 Å². The van der Waals surface area contributed by atoms with Gasteiger partial charge in [0, 0.05) is 13.1 Å². The molecular formula is C14H12N4O3S. The van der Waals surface area contributed by atoms with Gasteiger partial charge in [-0.2, -0.15) is 0 Å². The largest absolute Gasteiger partial charge is 0.469 e. The van der Waals surface area contributed by atoms with Crippen molar-refractivity contribution in [2.75, 3.05) is 0 Å². The average Bonchev–Trinajstić information content (AvgIpc) is 3.06. The van der Waals surface area contributed by atoms with Gasteiger partial charge in [-0.15, -0.1) is 10.2 Å². The molecule has 0 aliphatic heterocycles. The average molecular weight is 316 g/mol. The predicted molar refractivity (Wildman–Crippen MR) is 80.7 cm³/mol. The molecule has 3 aromatic rings. The molecular weight excluding hydrogens is 304 g/mol. The van der Waals surface area contributed by atoms with Gasteiger partial charge in [-0.1, -0.05) is 12.1 Å². The van der Waals surface area contributed by atoms with Crippen LogP contribution in [0.2, 0.25) is 0 Å². The molecule has 0 unspecified atom stereocenters. The third-order valence-corrected chi connectivity index (χ3v) is 4.30. The molecule has 0 radical (unpaired) electrons. The summed E-state index contributed by atoms with van der Waals surface area (Å²) in [4.78, 5) is 11.2. The van der Waals surface area contributed by atoms with Gasteiger partial charge in [0.05, 0.1) is 21.6 Å². The van der Waals surface area contributed by atoms with E-state index in [1.54, 1.807) is 29.0 Å². The maximum atomic E-state index is 11.1. The number of hydrogen-bond donors (Lipinski definition) is 0. The fourth-order valence-corrected chi connectivity index (χ4v) is 2.94. The fraction of sp³-hybridized carbons (Fsp3) is 0.143. The molecule has 2 aromatic heterocycles. The summed E-state index contributed by atoms with van der Waals surface area (Å²) in [5, 5.41) is 19.9. The minimum Gasteiger partial charge on any atom is -0.469 e. The van der Waals surface area contributed by atoms with Crippen LogP contribution in [0.4, 0.5) is 5.69 Å². The van der Waals surface area contributed by atoms with E-state index in [4.69, 9.17) is 4.42 Å². The highest BCUT2D eigenvalue weighted by Crippen LogP contribution is 2.35. The number of furan rings is 1. The Morgan fingerprint density at radius 1 is 1.27 bits per heavy atom. The summed E-state index contributed by atoms with van der Waals surface area (Å²) in [6.45, 7) is 1.85. The molecule has 2 heterocycles. The fourth-order valence-electron chi connectivity index (χ4n) is 2.05. The van der Waals surface area contributed by atoms with E-state index in [1.165, 1.54) is 17.8 Å². The summed E-state index contributed by atoms with van der Waals surface area (Å²) < 4.78 is 7.07. The van der Waals surface area contributed by atoms with E-state index in [2.05, 4.69) is 10.2 Å². The van der Waals surface area contributed by atoms with E-state index in [0.29, 0.717) is 15.9 Å². The quantitative estimate of drug-likeness (QED) is 0.541. The molecule has 0 N–H and O–H groups in total. The normalized spacial score (nSPS) is 10.8. The number of rotatable bonds is 4. The first-order valence-electron chi connectivity index (χ1n) is 6.43. The predicted octanol–water partition coefficient (Wildman–Crippen LogP) is 3.44. The standard InChI is InChI=1S/C14H12N4O3S/c1-9-10(7-8-21-9)13-15-16-14(17(13)2)22-12-6-4-3-5-11(12)18(19)20/h3-8H,1-2H3. The maximum Gasteiger partial charge on any atom is 0.283 e. The Labute approximate surface area is 130 Å². The Bertz CT molecular complexity index is 840. The van der Waals surface area contributed by atoms with Crippen molar-refractivity contribution in [2.24, 2.45) is 7.05 Å². The number of para-hydroxylation sites is 1. The van der Waals surface area contributed by atoms with Crippen LogP contribution in [-0.2, 0) is 7.05 Å². The van der Waals surface area contributed by atoms with E-state index < -0.39 is 4.92 Å². The smallest absolute Gasteiger partial charge is 0.283 e. The monoisotopic (exact) mass is 316 g/mol. The molecule has 0 fully saturated rings. The number of nitro benzene ring substituents is 1. The summed E-state index contributed by atoms with van der Waals surface area (Å²) >= 11 is 1.21. The number of benzene rings is 1. The lowest BCUT2D eigenvalue weighted by Crippen LogP contribution is -1.96. The second-order valence-electron chi connectivity index (χ2n) is 4.58. The number of hydrogen-bond acceptors (Lipinski definition) is 6. The highest BCUT2D eigenvalue weighted by Gasteiger charge is 2.19. The Hall–Kier alpha value is -2.61. The van der Waals surface area contributed by atoms with Crippen molar-refractivity contribution in [3.05, 3.63) is 52.5 Å². The van der Waals surface area contributed by atoms with Crippen molar-refractivity contribution >= 4 is 17.4 Å². The molecule has 0 saturated carbocycles. The van der Waals surface area contributed by atoms with Crippen LogP contribution in [0.3, 0.4) is 0 Å². The molecule has 0 spiro atoms. The minimum absolute atomic E-state index is 0.0524. The van der Waals surface area contributed by atoms with E-state index in [1.807, 2.05) is 20.0 Å². The molecule has 0 atom stereocenters. The summed E-state index contributed by atoms with van der Waals surface area (Å²) in [7, 11) is 1.82. The van der Waals surface area contributed by atoms with Crippen LogP contribution in [-0.4, -0.2) is 19.7 Å². The van der Waals surface area contributed by atoms with Crippen LogP contribution in [0.5, 0.6) is 0 Å². The molecule has 8 heteroatoms. The molecule has 3 rings (SSSR count). The summed E-state index contributed by atoms with van der Waals surface area (Å²) in [6, 6.07) is 8.38. The van der Waals surface area contributed by atoms with Crippen LogP contribution < -0.4 is 0 Å². The van der Waals surface area contributed by atoms with Gasteiger partial charge in [-0.05, 0) is 30.8 Å². The lowest BCUT2D eigenvalue weighted by atomic mass is 10.2. The Morgan fingerprint density at radius 2 is 2.05 bits per heavy atom. The first-order valence-corrected chi connectivity index (χ1v) is 7.24. The topological polar surface area (TPSA) is 87.0 Å². The molecule has 0 aliphatic carbocycles. The number of aromatic nitrogens is 3. The van der Waals surface area contributed by atoms with E-state index in [0.717, 1.165) is 11.3 Å². The maximum absolute atomic E-state index is 11.1. The van der Waals surface area contributed by atoms with Crippen molar-refractivity contribution in [3.8, 4) is 11.4 Å². The van der Waals surface area contributed by atoms with Gasteiger partial charge < -0.3 is 8.98 Å². The third kappa shape index (κ3) is 2.48. The van der Waals surface area contributed by atoms with Gasteiger partial charge in [-0.3, -0.25) is 10.1 Å². The molecule has 22 heavy (non-hydrogen) atoms. The first-order chi connectivity index (χ1) is 10.6. The van der Waals surface area contributed by atoms with E-state index in [9.17, 15) is 10.1 Å². The highest BCUT2D eigenvalue weighted by atomic mass is 32.2. The molecule has 112 valence electrons. The first kappa shape index (κ1) is 14.3. The van der Waals surface area contributed by atoms with Gasteiger partial charge in [0.2, 0.25) is 0 Å². The lowest BCUT2D eigenvalue weighted by Gasteiger charge is -2.03. The van der Waals surface area contributed by atoms with Crippen molar-refractivity contribution in [3.63, 3.8) is 0 Å². The molecule has 1 aromatic carbocycles. The van der Waals surface area contributed by atoms with Gasteiger partial charge in [0.15, 0.2) is 11.0 Å². The number of aryl methyl sites for hydroxylation is 1. The zero-order valence-corrected chi connectivity index (χ0v) is 12.7. The Morgan fingerprint density at radius 3 is 2.73 bits per heavy atom. The molecule has 7 nitrogen and oxygen atoms in total. The SMILES string of the molecule is Cc1occc1-c1nnc(Sc2ccccc2[N+](=O)[O-])n1C. The van der Waals surface area contributed by atoms with Crippen molar-refractivity contribution in [1.29, 1.82) is 0 Å². The zero-order chi connectivity index (χ0) is 15.7. The molecule has 0 bridgehead atoms. The van der Waals surface area contributed by atoms with Gasteiger partial charge in [0.1, 0.15) is 5.76 Å². The van der Waals surface area contributed by atoms with Crippen molar-refractivity contribution in [1.82, 2.24) is 14.8 Å². The Balaban J connectivity index is 1.97. The van der Waals surface area contributed by atoms with Gasteiger partial charge in [0.25, 0.3) is 5.69 Å². The zero-order valence-electron chi connectivity index (χ0n) is 11.9. The lowest BCUT2D eigenvalue weighted by molar-refractivity contribution is -0.387. The Kier molecular flexibility index (Phi) is 3.68. The molecule has 0 amide bonds. The van der Waals surface area contributed by atoms with Crippen molar-refractivity contribution < 1.29 is 9.34 Å². The van der Waals surface area contributed by atoms with Crippen molar-refractivity contribution in [2.45, 2.75) is 17.0 Å². The van der Waals surface area contributed by atoms with Gasteiger partial charge in [-0.25, -0.2) is 0 Å². The summed E-state index contributed by atoms with van der Waals surface area (Å²) in [5.74, 6) is 1.41. The second-order valence-corrected chi connectivity index (χ2v) is 5.59. The third-order valence-electron chi connectivity index (χ3n) is 3.20. The van der Waals surface area contributed by atoms with Crippen LogP contribution in [0.1, 0.15) is 5.76 Å². The minimum atomic E-state index is -0.403. The molecule has 0 saturated heterocycles.